The number of alkyl halides is 3. The zero-order valence-electron chi connectivity index (χ0n) is 17.0. The SMILES string of the molecule is O=C(O)C(F)(F)F.c1cc(CN2CCC3(CC2)OCCC3CCOCC2CC2)cs1. The number of piperidine rings is 1. The van der Waals surface area contributed by atoms with Gasteiger partial charge in [0.15, 0.2) is 0 Å². The van der Waals surface area contributed by atoms with E-state index in [4.69, 9.17) is 19.4 Å². The number of hydrogen-bond donors (Lipinski definition) is 1. The Bertz CT molecular complexity index is 656. The Morgan fingerprint density at radius 1 is 1.30 bits per heavy atom. The van der Waals surface area contributed by atoms with Gasteiger partial charge in [0.2, 0.25) is 0 Å². The van der Waals surface area contributed by atoms with Crippen molar-refractivity contribution < 1.29 is 32.5 Å². The zero-order valence-corrected chi connectivity index (χ0v) is 17.8. The first kappa shape index (κ1) is 23.5. The molecule has 2 saturated heterocycles. The fourth-order valence-corrected chi connectivity index (χ4v) is 4.90. The van der Waals surface area contributed by atoms with E-state index in [-0.39, 0.29) is 5.60 Å². The normalized spacial score (nSPS) is 23.9. The molecule has 0 radical (unpaired) electrons. The smallest absolute Gasteiger partial charge is 0.475 e. The molecule has 2 aliphatic heterocycles. The Balaban J connectivity index is 0.000000318. The van der Waals surface area contributed by atoms with Crippen LogP contribution in [-0.2, 0) is 20.8 Å². The van der Waals surface area contributed by atoms with Gasteiger partial charge in [-0.15, -0.1) is 0 Å². The van der Waals surface area contributed by atoms with Crippen LogP contribution < -0.4 is 0 Å². The van der Waals surface area contributed by atoms with Crippen LogP contribution in [0.5, 0.6) is 0 Å². The molecule has 1 spiro atoms. The van der Waals surface area contributed by atoms with Crippen LogP contribution in [-0.4, -0.2) is 60.7 Å². The van der Waals surface area contributed by atoms with Crippen molar-refractivity contribution in [2.45, 2.75) is 56.8 Å². The summed E-state index contributed by atoms with van der Waals surface area (Å²) in [6.07, 6.45) is 2.51. The van der Waals surface area contributed by atoms with Gasteiger partial charge in [-0.1, -0.05) is 0 Å². The molecule has 1 unspecified atom stereocenters. The van der Waals surface area contributed by atoms with E-state index in [9.17, 15) is 13.2 Å². The lowest BCUT2D eigenvalue weighted by Crippen LogP contribution is -2.47. The number of halogens is 3. The van der Waals surface area contributed by atoms with Gasteiger partial charge in [-0.2, -0.15) is 24.5 Å². The van der Waals surface area contributed by atoms with Crippen LogP contribution in [0.4, 0.5) is 13.2 Å². The highest BCUT2D eigenvalue weighted by Crippen LogP contribution is 2.42. The minimum absolute atomic E-state index is 0.161. The summed E-state index contributed by atoms with van der Waals surface area (Å²) in [6.45, 7) is 6.34. The van der Waals surface area contributed by atoms with Gasteiger partial charge in [0.1, 0.15) is 0 Å². The number of aliphatic carboxylic acids is 1. The summed E-state index contributed by atoms with van der Waals surface area (Å²) in [5.74, 6) is -1.17. The predicted octanol–water partition coefficient (Wildman–Crippen LogP) is 4.57. The van der Waals surface area contributed by atoms with E-state index in [2.05, 4.69) is 21.7 Å². The molecule has 0 bridgehead atoms. The lowest BCUT2D eigenvalue weighted by Gasteiger charge is -2.42. The van der Waals surface area contributed by atoms with Crippen LogP contribution in [0.2, 0.25) is 0 Å². The van der Waals surface area contributed by atoms with Gasteiger partial charge in [-0.05, 0) is 72.8 Å². The number of rotatable bonds is 7. The predicted molar refractivity (Wildman–Crippen MR) is 107 cm³/mol. The molecule has 5 nitrogen and oxygen atoms in total. The highest BCUT2D eigenvalue weighted by atomic mass is 32.1. The van der Waals surface area contributed by atoms with E-state index in [0.717, 1.165) is 32.3 Å². The van der Waals surface area contributed by atoms with Gasteiger partial charge >= 0.3 is 12.1 Å². The minimum Gasteiger partial charge on any atom is -0.475 e. The first-order chi connectivity index (χ1) is 14.3. The van der Waals surface area contributed by atoms with Gasteiger partial charge in [0.25, 0.3) is 0 Å². The van der Waals surface area contributed by atoms with Gasteiger partial charge in [-0.3, -0.25) is 4.90 Å². The number of likely N-dealkylation sites (tertiary alicyclic amines) is 1. The van der Waals surface area contributed by atoms with Crippen LogP contribution >= 0.6 is 11.3 Å². The topological polar surface area (TPSA) is 59.0 Å². The van der Waals surface area contributed by atoms with Crippen molar-refractivity contribution in [2.75, 3.05) is 32.9 Å². The average Bonchev–Trinajstić information content (AvgIpc) is 3.23. The highest BCUT2D eigenvalue weighted by molar-refractivity contribution is 7.07. The number of carboxylic acids is 1. The Kier molecular flexibility index (Phi) is 8.17. The second-order valence-corrected chi connectivity index (χ2v) is 9.20. The Hall–Kier alpha value is -1.16. The molecular formula is C21H30F3NO4S. The van der Waals surface area contributed by atoms with Crippen molar-refractivity contribution in [2.24, 2.45) is 11.8 Å². The maximum Gasteiger partial charge on any atom is 0.490 e. The van der Waals surface area contributed by atoms with E-state index in [0.29, 0.717) is 5.92 Å². The number of hydrogen-bond acceptors (Lipinski definition) is 5. The van der Waals surface area contributed by atoms with E-state index in [1.165, 1.54) is 57.2 Å². The number of nitrogens with zero attached hydrogens (tertiary/aromatic N) is 1. The molecule has 0 amide bonds. The molecule has 1 aliphatic carbocycles. The summed E-state index contributed by atoms with van der Waals surface area (Å²) >= 11 is 1.80. The zero-order chi connectivity index (χ0) is 21.6. The van der Waals surface area contributed by atoms with Crippen molar-refractivity contribution in [1.82, 2.24) is 4.90 Å². The maximum absolute atomic E-state index is 10.6. The maximum atomic E-state index is 10.6. The van der Waals surface area contributed by atoms with E-state index < -0.39 is 12.1 Å². The van der Waals surface area contributed by atoms with Gasteiger partial charge in [0, 0.05) is 39.5 Å². The Morgan fingerprint density at radius 2 is 2.00 bits per heavy atom. The van der Waals surface area contributed by atoms with E-state index >= 15 is 0 Å². The number of thiophene rings is 1. The highest BCUT2D eigenvalue weighted by Gasteiger charge is 2.45. The Morgan fingerprint density at radius 3 is 2.57 bits per heavy atom. The number of carbonyl (C=O) groups is 1. The third-order valence-corrected chi connectivity index (χ3v) is 6.92. The monoisotopic (exact) mass is 449 g/mol. The van der Waals surface area contributed by atoms with Crippen LogP contribution in [0, 0.1) is 11.8 Å². The summed E-state index contributed by atoms with van der Waals surface area (Å²) < 4.78 is 43.9. The average molecular weight is 450 g/mol. The van der Waals surface area contributed by atoms with Crippen molar-refractivity contribution >= 4 is 17.3 Å². The molecule has 1 N–H and O–H groups in total. The first-order valence-electron chi connectivity index (χ1n) is 10.5. The van der Waals surface area contributed by atoms with Crippen LogP contribution in [0.25, 0.3) is 0 Å². The molecule has 1 atom stereocenters. The molecule has 1 saturated carbocycles. The van der Waals surface area contributed by atoms with Crippen molar-refractivity contribution in [1.29, 1.82) is 0 Å². The van der Waals surface area contributed by atoms with Gasteiger partial charge < -0.3 is 14.6 Å². The molecule has 3 heterocycles. The lowest BCUT2D eigenvalue weighted by atomic mass is 9.78. The molecule has 9 heteroatoms. The molecule has 0 aromatic carbocycles. The fourth-order valence-electron chi connectivity index (χ4n) is 4.24. The van der Waals surface area contributed by atoms with E-state index in [1.54, 1.807) is 11.3 Å². The molecular weight excluding hydrogens is 419 g/mol. The summed E-state index contributed by atoms with van der Waals surface area (Å²) in [5.41, 5.74) is 1.62. The third-order valence-electron chi connectivity index (χ3n) is 6.19. The van der Waals surface area contributed by atoms with Crippen molar-refractivity contribution in [3.8, 4) is 0 Å². The molecule has 3 fully saturated rings. The van der Waals surface area contributed by atoms with Gasteiger partial charge in [-0.25, -0.2) is 4.79 Å². The molecule has 30 heavy (non-hydrogen) atoms. The second kappa shape index (κ2) is 10.4. The van der Waals surface area contributed by atoms with Gasteiger partial charge in [0.05, 0.1) is 5.60 Å². The minimum atomic E-state index is -5.08. The number of carboxylic acid groups (broad SMARTS) is 1. The standard InChI is InChI=1S/C19H29NO2S.C2HF3O2/c1-2-16(1)14-21-10-3-18-4-11-22-19(18)6-8-20(9-7-19)13-17-5-12-23-15-17;3-2(4,5)1(6)7/h5,12,15-16,18H,1-4,6-11,13-14H2;(H,6,7). The summed E-state index contributed by atoms with van der Waals surface area (Å²) in [6, 6.07) is 2.25. The Labute approximate surface area is 179 Å². The third kappa shape index (κ3) is 6.93. The lowest BCUT2D eigenvalue weighted by molar-refractivity contribution is -0.192. The van der Waals surface area contributed by atoms with Crippen LogP contribution in [0.1, 0.15) is 44.1 Å². The quantitative estimate of drug-likeness (QED) is 0.618. The molecule has 3 aliphatic rings. The molecule has 170 valence electrons. The largest absolute Gasteiger partial charge is 0.490 e. The summed E-state index contributed by atoms with van der Waals surface area (Å²) in [7, 11) is 0. The summed E-state index contributed by atoms with van der Waals surface area (Å²) in [4.78, 5) is 11.5. The van der Waals surface area contributed by atoms with Crippen molar-refractivity contribution in [3.63, 3.8) is 0 Å². The van der Waals surface area contributed by atoms with E-state index in [1.807, 2.05) is 0 Å². The fraction of sp³-hybridized carbons (Fsp3) is 0.762. The van der Waals surface area contributed by atoms with Crippen molar-refractivity contribution in [3.05, 3.63) is 22.4 Å². The van der Waals surface area contributed by atoms with Crippen LogP contribution in [0.3, 0.4) is 0 Å². The van der Waals surface area contributed by atoms with Crippen LogP contribution in [0.15, 0.2) is 16.8 Å². The summed E-state index contributed by atoms with van der Waals surface area (Å²) in [5, 5.41) is 11.6. The number of ether oxygens (including phenoxy) is 2. The molecule has 1 aromatic heterocycles. The second-order valence-electron chi connectivity index (χ2n) is 8.42. The molecule has 4 rings (SSSR count). The first-order valence-corrected chi connectivity index (χ1v) is 11.5. The molecule has 1 aromatic rings.